The average Bonchev–Trinajstić information content (AvgIpc) is 2.58. The highest BCUT2D eigenvalue weighted by Crippen LogP contribution is 2.20. The van der Waals surface area contributed by atoms with Crippen LogP contribution in [0.5, 0.6) is 5.75 Å². The van der Waals surface area contributed by atoms with Crippen LogP contribution in [0.2, 0.25) is 0 Å². The summed E-state index contributed by atoms with van der Waals surface area (Å²) in [6.07, 6.45) is 0.876. The van der Waals surface area contributed by atoms with Gasteiger partial charge in [-0.2, -0.15) is 0 Å². The minimum atomic E-state index is 0.0142. The first-order chi connectivity index (χ1) is 12.4. The molecule has 0 aliphatic rings. The van der Waals surface area contributed by atoms with Crippen LogP contribution in [0, 0.1) is 27.7 Å². The first-order valence-electron chi connectivity index (χ1n) is 9.11. The Morgan fingerprint density at radius 3 is 2.42 bits per heavy atom. The highest BCUT2D eigenvalue weighted by Gasteiger charge is 2.10. The van der Waals surface area contributed by atoms with Crippen molar-refractivity contribution < 1.29 is 9.53 Å². The number of amides is 1. The molecule has 4 nitrogen and oxygen atoms in total. The Labute approximate surface area is 157 Å². The van der Waals surface area contributed by atoms with Crippen LogP contribution >= 0.6 is 0 Å². The van der Waals surface area contributed by atoms with E-state index in [9.17, 15) is 4.79 Å². The molecule has 2 aromatic carbocycles. The van der Waals surface area contributed by atoms with E-state index < -0.39 is 0 Å². The maximum absolute atomic E-state index is 12.3. The lowest BCUT2D eigenvalue weighted by Crippen LogP contribution is -2.31. The molecule has 0 aromatic heterocycles. The first kappa shape index (κ1) is 20.0. The van der Waals surface area contributed by atoms with Gasteiger partial charge in [-0.1, -0.05) is 30.3 Å². The number of aryl methyl sites for hydroxylation is 4. The minimum Gasteiger partial charge on any atom is -0.493 e. The van der Waals surface area contributed by atoms with E-state index >= 15 is 0 Å². The summed E-state index contributed by atoms with van der Waals surface area (Å²) < 4.78 is 5.87. The lowest BCUT2D eigenvalue weighted by Gasteiger charge is -2.18. The molecule has 4 heteroatoms. The number of anilines is 1. The monoisotopic (exact) mass is 354 g/mol. The molecule has 0 spiro atoms. The molecule has 2 aromatic rings. The second-order valence-corrected chi connectivity index (χ2v) is 7.02. The van der Waals surface area contributed by atoms with Gasteiger partial charge in [0.15, 0.2) is 0 Å². The second kappa shape index (κ2) is 9.39. The van der Waals surface area contributed by atoms with E-state index in [0.29, 0.717) is 13.2 Å². The van der Waals surface area contributed by atoms with Gasteiger partial charge in [-0.3, -0.25) is 9.69 Å². The van der Waals surface area contributed by atoms with Crippen LogP contribution in [-0.2, 0) is 4.79 Å². The summed E-state index contributed by atoms with van der Waals surface area (Å²) in [6.45, 7) is 9.97. The molecule has 0 bridgehead atoms. The van der Waals surface area contributed by atoms with Gasteiger partial charge in [-0.25, -0.2) is 0 Å². The Balaban J connectivity index is 1.74. The third-order valence-corrected chi connectivity index (χ3v) is 4.44. The number of rotatable bonds is 8. The predicted molar refractivity (Wildman–Crippen MR) is 108 cm³/mol. The Morgan fingerprint density at radius 2 is 1.73 bits per heavy atom. The standard InChI is InChI=1S/C22H30N2O2/c1-16-10-11-17(2)20(14-16)26-13-7-12-24(5)15-21(25)23-22-18(3)8-6-9-19(22)4/h6,8-11,14H,7,12-13,15H2,1-5H3,(H,23,25). The second-order valence-electron chi connectivity index (χ2n) is 7.02. The highest BCUT2D eigenvalue weighted by atomic mass is 16.5. The summed E-state index contributed by atoms with van der Waals surface area (Å²) in [5.41, 5.74) is 5.44. The molecule has 0 saturated carbocycles. The van der Waals surface area contributed by atoms with Crippen molar-refractivity contribution in [2.75, 3.05) is 32.1 Å². The molecule has 0 unspecified atom stereocenters. The lowest BCUT2D eigenvalue weighted by molar-refractivity contribution is -0.117. The normalized spacial score (nSPS) is 10.8. The lowest BCUT2D eigenvalue weighted by atomic mass is 10.1. The van der Waals surface area contributed by atoms with Crippen LogP contribution in [0.3, 0.4) is 0 Å². The zero-order valence-corrected chi connectivity index (χ0v) is 16.6. The highest BCUT2D eigenvalue weighted by molar-refractivity contribution is 5.93. The van der Waals surface area contributed by atoms with Crippen LogP contribution in [0.4, 0.5) is 5.69 Å². The number of hydrogen-bond acceptors (Lipinski definition) is 3. The van der Waals surface area contributed by atoms with Crippen molar-refractivity contribution in [2.45, 2.75) is 34.1 Å². The molecule has 140 valence electrons. The van der Waals surface area contributed by atoms with E-state index in [1.807, 2.05) is 44.0 Å². The number of nitrogens with zero attached hydrogens (tertiary/aromatic N) is 1. The van der Waals surface area contributed by atoms with Crippen molar-refractivity contribution in [3.63, 3.8) is 0 Å². The number of carbonyl (C=O) groups is 1. The number of nitrogens with one attached hydrogen (secondary N) is 1. The molecule has 26 heavy (non-hydrogen) atoms. The van der Waals surface area contributed by atoms with Crippen LogP contribution in [0.15, 0.2) is 36.4 Å². The molecule has 0 saturated heterocycles. The van der Waals surface area contributed by atoms with Crippen molar-refractivity contribution in [3.05, 3.63) is 58.7 Å². The topological polar surface area (TPSA) is 41.6 Å². The zero-order chi connectivity index (χ0) is 19.1. The van der Waals surface area contributed by atoms with Gasteiger partial charge in [0.2, 0.25) is 5.91 Å². The van der Waals surface area contributed by atoms with Crippen molar-refractivity contribution >= 4 is 11.6 Å². The third kappa shape index (κ3) is 5.88. The SMILES string of the molecule is Cc1ccc(C)c(OCCCN(C)CC(=O)Nc2c(C)cccc2C)c1. The Kier molecular flexibility index (Phi) is 7.22. The van der Waals surface area contributed by atoms with E-state index in [1.165, 1.54) is 5.56 Å². The van der Waals surface area contributed by atoms with E-state index in [2.05, 4.69) is 37.4 Å². The smallest absolute Gasteiger partial charge is 0.238 e. The maximum Gasteiger partial charge on any atom is 0.238 e. The van der Waals surface area contributed by atoms with Gasteiger partial charge < -0.3 is 10.1 Å². The molecule has 1 N–H and O–H groups in total. The molecular weight excluding hydrogens is 324 g/mol. The molecule has 0 heterocycles. The van der Waals surface area contributed by atoms with Crippen molar-refractivity contribution in [1.82, 2.24) is 4.90 Å². The molecular formula is C22H30N2O2. The molecule has 0 aliphatic heterocycles. The number of para-hydroxylation sites is 1. The Hall–Kier alpha value is -2.33. The van der Waals surface area contributed by atoms with Crippen molar-refractivity contribution in [3.8, 4) is 5.75 Å². The zero-order valence-electron chi connectivity index (χ0n) is 16.6. The summed E-state index contributed by atoms with van der Waals surface area (Å²) >= 11 is 0. The fourth-order valence-corrected chi connectivity index (χ4v) is 2.89. The van der Waals surface area contributed by atoms with Gasteiger partial charge in [-0.15, -0.1) is 0 Å². The van der Waals surface area contributed by atoms with Crippen LogP contribution in [-0.4, -0.2) is 37.6 Å². The third-order valence-electron chi connectivity index (χ3n) is 4.44. The van der Waals surface area contributed by atoms with E-state index in [1.54, 1.807) is 0 Å². The summed E-state index contributed by atoms with van der Waals surface area (Å²) in [6, 6.07) is 12.3. The van der Waals surface area contributed by atoms with Gasteiger partial charge in [0.05, 0.1) is 13.2 Å². The molecule has 2 rings (SSSR count). The Morgan fingerprint density at radius 1 is 1.04 bits per heavy atom. The molecule has 0 aliphatic carbocycles. The predicted octanol–water partition coefficient (Wildman–Crippen LogP) is 4.26. The molecule has 0 atom stereocenters. The number of benzene rings is 2. The van der Waals surface area contributed by atoms with E-state index in [4.69, 9.17) is 4.74 Å². The summed E-state index contributed by atoms with van der Waals surface area (Å²) in [5.74, 6) is 0.959. The molecule has 0 radical (unpaired) electrons. The fourth-order valence-electron chi connectivity index (χ4n) is 2.89. The van der Waals surface area contributed by atoms with Gasteiger partial charge in [-0.05, 0) is 69.5 Å². The number of likely N-dealkylation sites (N-methyl/N-ethyl adjacent to an activating group) is 1. The van der Waals surface area contributed by atoms with Gasteiger partial charge in [0.25, 0.3) is 0 Å². The van der Waals surface area contributed by atoms with Crippen molar-refractivity contribution in [1.29, 1.82) is 0 Å². The number of hydrogen-bond donors (Lipinski definition) is 1. The molecule has 0 fully saturated rings. The van der Waals surface area contributed by atoms with Gasteiger partial charge in [0.1, 0.15) is 5.75 Å². The quantitative estimate of drug-likeness (QED) is 0.720. The van der Waals surface area contributed by atoms with Crippen LogP contribution in [0.1, 0.15) is 28.7 Å². The van der Waals surface area contributed by atoms with Crippen LogP contribution < -0.4 is 10.1 Å². The van der Waals surface area contributed by atoms with E-state index in [0.717, 1.165) is 41.1 Å². The summed E-state index contributed by atoms with van der Waals surface area (Å²) in [5, 5.41) is 3.03. The minimum absolute atomic E-state index is 0.0142. The number of ether oxygens (including phenoxy) is 1. The number of carbonyl (C=O) groups excluding carboxylic acids is 1. The first-order valence-corrected chi connectivity index (χ1v) is 9.11. The van der Waals surface area contributed by atoms with Crippen LogP contribution in [0.25, 0.3) is 0 Å². The largest absolute Gasteiger partial charge is 0.493 e. The summed E-state index contributed by atoms with van der Waals surface area (Å²) in [4.78, 5) is 14.3. The van der Waals surface area contributed by atoms with Gasteiger partial charge >= 0.3 is 0 Å². The Bertz CT molecular complexity index is 736. The summed E-state index contributed by atoms with van der Waals surface area (Å²) in [7, 11) is 1.96. The molecule has 1 amide bonds. The fraction of sp³-hybridized carbons (Fsp3) is 0.409. The maximum atomic E-state index is 12.3. The average molecular weight is 354 g/mol. The van der Waals surface area contributed by atoms with Gasteiger partial charge in [0, 0.05) is 12.2 Å². The van der Waals surface area contributed by atoms with Crippen molar-refractivity contribution in [2.24, 2.45) is 0 Å². The van der Waals surface area contributed by atoms with E-state index in [-0.39, 0.29) is 5.91 Å².